The van der Waals surface area contributed by atoms with Gasteiger partial charge in [0.1, 0.15) is 18.1 Å². The number of hydrogen-bond donors (Lipinski definition) is 0. The van der Waals surface area contributed by atoms with E-state index in [4.69, 9.17) is 14.2 Å². The molecule has 0 aliphatic rings. The second-order valence-electron chi connectivity index (χ2n) is 4.01. The van der Waals surface area contributed by atoms with E-state index in [1.54, 1.807) is 19.2 Å². The molecule has 112 valence electrons. The van der Waals surface area contributed by atoms with Gasteiger partial charge in [0.15, 0.2) is 4.88 Å². The summed E-state index contributed by atoms with van der Waals surface area (Å²) in [5.74, 6) is 0.304. The average molecular weight is 308 g/mol. The Bertz CT molecular complexity index is 583. The summed E-state index contributed by atoms with van der Waals surface area (Å²) in [7, 11) is 1.60. The number of carbonyl (C=O) groups is 1. The van der Waals surface area contributed by atoms with Crippen LogP contribution < -0.4 is 4.74 Å². The van der Waals surface area contributed by atoms with Crippen LogP contribution in [-0.4, -0.2) is 42.5 Å². The molecule has 0 fully saturated rings. The van der Waals surface area contributed by atoms with E-state index >= 15 is 0 Å². The summed E-state index contributed by atoms with van der Waals surface area (Å²) in [6, 6.07) is 7.26. The van der Waals surface area contributed by atoms with Crippen molar-refractivity contribution in [3.05, 3.63) is 29.1 Å². The van der Waals surface area contributed by atoms with Crippen LogP contribution >= 0.6 is 11.5 Å². The van der Waals surface area contributed by atoms with E-state index in [2.05, 4.69) is 9.59 Å². The van der Waals surface area contributed by atoms with Crippen molar-refractivity contribution in [1.82, 2.24) is 9.59 Å². The summed E-state index contributed by atoms with van der Waals surface area (Å²) in [6.07, 6.45) is 0. The fraction of sp³-hybridized carbons (Fsp3) is 0.357. The van der Waals surface area contributed by atoms with Crippen LogP contribution in [0.3, 0.4) is 0 Å². The van der Waals surface area contributed by atoms with Crippen molar-refractivity contribution in [2.75, 3.05) is 26.9 Å². The molecule has 7 heteroatoms. The number of hydrogen-bond acceptors (Lipinski definition) is 7. The van der Waals surface area contributed by atoms with E-state index in [0.717, 1.165) is 22.8 Å². The molecule has 0 atom stereocenters. The number of nitrogens with zero attached hydrogens (tertiary/aromatic N) is 2. The topological polar surface area (TPSA) is 70.5 Å². The summed E-state index contributed by atoms with van der Waals surface area (Å²) in [5, 5.41) is 4.00. The predicted molar refractivity (Wildman–Crippen MR) is 78.7 cm³/mol. The summed E-state index contributed by atoms with van der Waals surface area (Å²) < 4.78 is 19.2. The second-order valence-corrected chi connectivity index (χ2v) is 4.77. The lowest BCUT2D eigenvalue weighted by atomic mass is 10.1. The molecular weight excluding hydrogens is 292 g/mol. The van der Waals surface area contributed by atoms with Crippen LogP contribution in [0.2, 0.25) is 0 Å². The predicted octanol–water partition coefficient (Wildman–Crippen LogP) is 2.41. The number of rotatable bonds is 7. The van der Waals surface area contributed by atoms with Gasteiger partial charge in [0.2, 0.25) is 0 Å². The fourth-order valence-corrected chi connectivity index (χ4v) is 2.25. The zero-order chi connectivity index (χ0) is 15.1. The van der Waals surface area contributed by atoms with Crippen LogP contribution in [0.4, 0.5) is 0 Å². The molecule has 21 heavy (non-hydrogen) atoms. The van der Waals surface area contributed by atoms with Crippen molar-refractivity contribution < 1.29 is 19.0 Å². The van der Waals surface area contributed by atoms with Crippen LogP contribution in [0.1, 0.15) is 16.6 Å². The first kappa shape index (κ1) is 15.4. The van der Waals surface area contributed by atoms with Crippen LogP contribution in [0, 0.1) is 0 Å². The van der Waals surface area contributed by atoms with Crippen molar-refractivity contribution in [1.29, 1.82) is 0 Å². The van der Waals surface area contributed by atoms with E-state index in [1.165, 1.54) is 0 Å². The van der Waals surface area contributed by atoms with Gasteiger partial charge in [-0.15, -0.1) is 5.10 Å². The van der Waals surface area contributed by atoms with Gasteiger partial charge in [-0.05, 0) is 42.7 Å². The number of aromatic nitrogens is 2. The van der Waals surface area contributed by atoms with Gasteiger partial charge in [-0.1, -0.05) is 4.49 Å². The Hall–Kier alpha value is -1.99. The molecule has 0 spiro atoms. The Morgan fingerprint density at radius 2 is 2.00 bits per heavy atom. The molecule has 2 aromatic rings. The number of methoxy groups -OCH3 is 1. The fourth-order valence-electron chi connectivity index (χ4n) is 1.67. The van der Waals surface area contributed by atoms with Crippen molar-refractivity contribution >= 4 is 17.5 Å². The van der Waals surface area contributed by atoms with Gasteiger partial charge in [0.25, 0.3) is 0 Å². The number of esters is 1. The van der Waals surface area contributed by atoms with E-state index in [1.807, 2.05) is 19.1 Å². The maximum absolute atomic E-state index is 12.0. The molecule has 1 aromatic heterocycles. The number of ether oxygens (including phenoxy) is 3. The molecule has 6 nitrogen and oxygen atoms in total. The third-order valence-corrected chi connectivity index (χ3v) is 3.41. The highest BCUT2D eigenvalue weighted by Crippen LogP contribution is 2.26. The van der Waals surface area contributed by atoms with Crippen molar-refractivity contribution in [3.8, 4) is 17.0 Å². The van der Waals surface area contributed by atoms with Crippen molar-refractivity contribution in [2.45, 2.75) is 6.92 Å². The first-order valence-corrected chi connectivity index (χ1v) is 7.25. The molecule has 0 unspecified atom stereocenters. The van der Waals surface area contributed by atoms with Crippen molar-refractivity contribution in [3.63, 3.8) is 0 Å². The molecule has 0 aliphatic heterocycles. The van der Waals surface area contributed by atoms with Crippen molar-refractivity contribution in [2.24, 2.45) is 0 Å². The Balaban J connectivity index is 2.08. The number of benzene rings is 1. The summed E-state index contributed by atoms with van der Waals surface area (Å²) >= 11 is 1.02. The SMILES string of the molecule is CCOCCOC(=O)c1snnc1-c1ccc(OC)cc1. The van der Waals surface area contributed by atoms with Gasteiger partial charge in [-0.2, -0.15) is 0 Å². The molecule has 0 N–H and O–H groups in total. The van der Waals surface area contributed by atoms with Gasteiger partial charge in [0, 0.05) is 12.2 Å². The Kier molecular flexibility index (Phi) is 5.65. The second kappa shape index (κ2) is 7.70. The Morgan fingerprint density at radius 3 is 2.67 bits per heavy atom. The van der Waals surface area contributed by atoms with Crippen LogP contribution in [0.15, 0.2) is 24.3 Å². The van der Waals surface area contributed by atoms with E-state index in [-0.39, 0.29) is 6.61 Å². The maximum Gasteiger partial charge on any atom is 0.352 e. The van der Waals surface area contributed by atoms with Crippen LogP contribution in [0.25, 0.3) is 11.3 Å². The Morgan fingerprint density at radius 1 is 1.24 bits per heavy atom. The standard InChI is InChI=1S/C14H16N2O4S/c1-3-19-8-9-20-14(17)13-12(15-16-21-13)10-4-6-11(18-2)7-5-10/h4-7H,3,8-9H2,1-2H3. The lowest BCUT2D eigenvalue weighted by Gasteiger charge is -2.05. The minimum atomic E-state index is -0.435. The molecule has 1 aromatic carbocycles. The first-order valence-electron chi connectivity index (χ1n) is 6.48. The normalized spacial score (nSPS) is 10.4. The molecule has 2 rings (SSSR count). The molecule has 0 aliphatic carbocycles. The lowest BCUT2D eigenvalue weighted by Crippen LogP contribution is -2.10. The van der Waals surface area contributed by atoms with Gasteiger partial charge in [0.05, 0.1) is 13.7 Å². The zero-order valence-corrected chi connectivity index (χ0v) is 12.7. The zero-order valence-electron chi connectivity index (χ0n) is 11.9. The highest BCUT2D eigenvalue weighted by molar-refractivity contribution is 7.08. The van der Waals surface area contributed by atoms with Gasteiger partial charge < -0.3 is 14.2 Å². The first-order chi connectivity index (χ1) is 10.3. The van der Waals surface area contributed by atoms with E-state index in [9.17, 15) is 4.79 Å². The summed E-state index contributed by atoms with van der Waals surface area (Å²) in [5.41, 5.74) is 1.31. The quantitative estimate of drug-likeness (QED) is 0.578. The molecule has 1 heterocycles. The summed E-state index contributed by atoms with van der Waals surface area (Å²) in [6.45, 7) is 3.08. The Labute approximate surface area is 126 Å². The summed E-state index contributed by atoms with van der Waals surface area (Å²) in [4.78, 5) is 12.4. The van der Waals surface area contributed by atoms with Gasteiger partial charge >= 0.3 is 5.97 Å². The molecule has 0 saturated heterocycles. The van der Waals surface area contributed by atoms with Gasteiger partial charge in [-0.25, -0.2) is 4.79 Å². The van der Waals surface area contributed by atoms with Crippen LogP contribution in [-0.2, 0) is 9.47 Å². The average Bonchev–Trinajstić information content (AvgIpc) is 3.01. The highest BCUT2D eigenvalue weighted by atomic mass is 32.1. The molecule has 0 amide bonds. The van der Waals surface area contributed by atoms with Gasteiger partial charge in [-0.3, -0.25) is 0 Å². The van der Waals surface area contributed by atoms with E-state index < -0.39 is 5.97 Å². The smallest absolute Gasteiger partial charge is 0.352 e. The van der Waals surface area contributed by atoms with E-state index in [0.29, 0.717) is 23.8 Å². The lowest BCUT2D eigenvalue weighted by molar-refractivity contribution is 0.0341. The largest absolute Gasteiger partial charge is 0.497 e. The molecule has 0 saturated carbocycles. The third kappa shape index (κ3) is 3.99. The third-order valence-electron chi connectivity index (χ3n) is 2.70. The highest BCUT2D eigenvalue weighted by Gasteiger charge is 2.19. The molecule has 0 bridgehead atoms. The minimum Gasteiger partial charge on any atom is -0.497 e. The molecular formula is C14H16N2O4S. The number of carbonyl (C=O) groups excluding carboxylic acids is 1. The molecule has 0 radical (unpaired) electrons. The maximum atomic E-state index is 12.0. The van der Waals surface area contributed by atoms with Crippen LogP contribution in [0.5, 0.6) is 5.75 Å². The minimum absolute atomic E-state index is 0.215. The monoisotopic (exact) mass is 308 g/mol.